The van der Waals surface area contributed by atoms with E-state index in [2.05, 4.69) is 20.4 Å². The Morgan fingerprint density at radius 1 is 1.41 bits per heavy atom. The Bertz CT molecular complexity index is 347. The topological polar surface area (TPSA) is 32.8 Å². The number of ether oxygens (including phenoxy) is 1. The lowest BCUT2D eigenvalue weighted by atomic mass is 9.52. The average molecular weight is 236 g/mol. The van der Waals surface area contributed by atoms with Crippen LogP contribution in [0.5, 0.6) is 0 Å². The molecule has 2 aliphatic carbocycles. The average Bonchev–Trinajstić information content (AvgIpc) is 2.96. The fourth-order valence-corrected chi connectivity index (χ4v) is 4.18. The fourth-order valence-electron chi connectivity index (χ4n) is 4.18. The standard InChI is InChI=1S/C15H24O2/c1-10-4-5-13-15(9-16,17-13)7-6-12-11(10)8-14(12,2)3/h11-13,16H,1,4-9H2,2-3H3/t11-,12-,13+,15-/m0/s1. The van der Waals surface area contributed by atoms with Crippen molar-refractivity contribution in [3.8, 4) is 0 Å². The molecule has 2 nitrogen and oxygen atoms in total. The maximum absolute atomic E-state index is 9.52. The third-order valence-electron chi connectivity index (χ3n) is 5.54. The molecule has 2 heteroatoms. The number of aliphatic hydroxyl groups is 1. The van der Waals surface area contributed by atoms with Crippen molar-refractivity contribution in [2.24, 2.45) is 17.3 Å². The van der Waals surface area contributed by atoms with E-state index in [0.29, 0.717) is 11.5 Å². The lowest BCUT2D eigenvalue weighted by molar-refractivity contribution is -0.00507. The van der Waals surface area contributed by atoms with Crippen LogP contribution < -0.4 is 0 Å². The molecule has 0 unspecified atom stereocenters. The summed E-state index contributed by atoms with van der Waals surface area (Å²) < 4.78 is 5.76. The van der Waals surface area contributed by atoms with Crippen molar-refractivity contribution in [3.63, 3.8) is 0 Å². The van der Waals surface area contributed by atoms with Crippen LogP contribution in [-0.4, -0.2) is 23.4 Å². The molecule has 17 heavy (non-hydrogen) atoms. The van der Waals surface area contributed by atoms with Crippen LogP contribution >= 0.6 is 0 Å². The Hall–Kier alpha value is -0.340. The third-order valence-corrected chi connectivity index (χ3v) is 5.54. The van der Waals surface area contributed by atoms with Crippen molar-refractivity contribution in [1.82, 2.24) is 0 Å². The van der Waals surface area contributed by atoms with Crippen LogP contribution in [0.1, 0.15) is 46.0 Å². The molecule has 3 fully saturated rings. The fraction of sp³-hybridized carbons (Fsp3) is 0.867. The predicted octanol–water partition coefficient (Wildman–Crippen LogP) is 2.91. The Morgan fingerprint density at radius 3 is 2.82 bits per heavy atom. The van der Waals surface area contributed by atoms with E-state index in [1.807, 2.05) is 0 Å². The Kier molecular flexibility index (Phi) is 2.47. The summed E-state index contributed by atoms with van der Waals surface area (Å²) in [5, 5.41) is 9.52. The molecular weight excluding hydrogens is 212 g/mol. The second-order valence-electron chi connectivity index (χ2n) is 6.97. The molecule has 96 valence electrons. The van der Waals surface area contributed by atoms with Crippen LogP contribution in [-0.2, 0) is 4.74 Å². The van der Waals surface area contributed by atoms with Crippen LogP contribution in [0.3, 0.4) is 0 Å². The minimum absolute atomic E-state index is 0.180. The largest absolute Gasteiger partial charge is 0.393 e. The van der Waals surface area contributed by atoms with Crippen molar-refractivity contribution in [3.05, 3.63) is 12.2 Å². The van der Waals surface area contributed by atoms with Gasteiger partial charge >= 0.3 is 0 Å². The van der Waals surface area contributed by atoms with Gasteiger partial charge in [-0.05, 0) is 49.4 Å². The molecular formula is C15H24O2. The maximum Gasteiger partial charge on any atom is 0.118 e. The zero-order valence-corrected chi connectivity index (χ0v) is 11.0. The van der Waals surface area contributed by atoms with Crippen molar-refractivity contribution in [2.45, 2.75) is 57.7 Å². The van der Waals surface area contributed by atoms with E-state index in [4.69, 9.17) is 4.74 Å². The Morgan fingerprint density at radius 2 is 2.18 bits per heavy atom. The summed E-state index contributed by atoms with van der Waals surface area (Å²) in [7, 11) is 0. The Balaban J connectivity index is 1.77. The zero-order chi connectivity index (χ0) is 12.3. The van der Waals surface area contributed by atoms with Gasteiger partial charge < -0.3 is 9.84 Å². The van der Waals surface area contributed by atoms with E-state index in [9.17, 15) is 5.11 Å². The molecule has 1 saturated heterocycles. The lowest BCUT2D eigenvalue weighted by Crippen LogP contribution is -2.45. The molecule has 1 heterocycles. The van der Waals surface area contributed by atoms with Gasteiger partial charge in [0.25, 0.3) is 0 Å². The summed E-state index contributed by atoms with van der Waals surface area (Å²) in [6.45, 7) is 9.23. The first-order valence-corrected chi connectivity index (χ1v) is 6.95. The van der Waals surface area contributed by atoms with E-state index < -0.39 is 0 Å². The molecule has 0 aromatic carbocycles. The number of epoxide rings is 1. The zero-order valence-electron chi connectivity index (χ0n) is 11.0. The summed E-state index contributed by atoms with van der Waals surface area (Å²) in [5.41, 5.74) is 1.71. The second-order valence-corrected chi connectivity index (χ2v) is 6.97. The van der Waals surface area contributed by atoms with Crippen LogP contribution in [0.25, 0.3) is 0 Å². The summed E-state index contributed by atoms with van der Waals surface area (Å²) in [5.74, 6) is 1.49. The van der Waals surface area contributed by atoms with Gasteiger partial charge in [-0.1, -0.05) is 26.0 Å². The molecule has 0 amide bonds. The normalized spacial score (nSPS) is 47.9. The van der Waals surface area contributed by atoms with Gasteiger partial charge in [0, 0.05) is 0 Å². The predicted molar refractivity (Wildman–Crippen MR) is 67.7 cm³/mol. The van der Waals surface area contributed by atoms with Gasteiger partial charge in [-0.15, -0.1) is 0 Å². The lowest BCUT2D eigenvalue weighted by Gasteiger charge is -2.53. The van der Waals surface area contributed by atoms with Gasteiger partial charge in [-0.25, -0.2) is 0 Å². The summed E-state index contributed by atoms with van der Waals surface area (Å²) in [4.78, 5) is 0. The van der Waals surface area contributed by atoms with Crippen LogP contribution in [0, 0.1) is 17.3 Å². The van der Waals surface area contributed by atoms with E-state index >= 15 is 0 Å². The van der Waals surface area contributed by atoms with Crippen LogP contribution in [0.4, 0.5) is 0 Å². The quantitative estimate of drug-likeness (QED) is 0.561. The van der Waals surface area contributed by atoms with E-state index in [-0.39, 0.29) is 12.2 Å². The highest BCUT2D eigenvalue weighted by atomic mass is 16.6. The molecule has 1 aliphatic heterocycles. The van der Waals surface area contributed by atoms with E-state index in [1.54, 1.807) is 0 Å². The monoisotopic (exact) mass is 236 g/mol. The van der Waals surface area contributed by atoms with Crippen molar-refractivity contribution < 1.29 is 9.84 Å². The van der Waals surface area contributed by atoms with Gasteiger partial charge in [0.15, 0.2) is 0 Å². The second kappa shape index (κ2) is 3.58. The van der Waals surface area contributed by atoms with Crippen molar-refractivity contribution >= 4 is 0 Å². The molecule has 2 saturated carbocycles. The van der Waals surface area contributed by atoms with Crippen molar-refractivity contribution in [2.75, 3.05) is 6.61 Å². The SMILES string of the molecule is C=C1CC[C@H]2O[C@]2(CO)CC[C@H]2[C@H]1CC2(C)C. The Labute approximate surface area is 104 Å². The summed E-state index contributed by atoms with van der Waals surface area (Å²) in [6, 6.07) is 0. The summed E-state index contributed by atoms with van der Waals surface area (Å²) in [6.07, 6.45) is 5.96. The molecule has 0 aromatic heterocycles. The minimum atomic E-state index is -0.180. The third kappa shape index (κ3) is 1.68. The highest BCUT2D eigenvalue weighted by molar-refractivity contribution is 5.16. The number of fused-ring (bicyclic) bond motifs is 2. The number of hydrogen-bond acceptors (Lipinski definition) is 2. The van der Waals surface area contributed by atoms with E-state index in [0.717, 1.165) is 31.1 Å². The van der Waals surface area contributed by atoms with Gasteiger partial charge in [-0.2, -0.15) is 0 Å². The van der Waals surface area contributed by atoms with Crippen LogP contribution in [0.15, 0.2) is 12.2 Å². The molecule has 1 N–H and O–H groups in total. The smallest absolute Gasteiger partial charge is 0.118 e. The summed E-state index contributed by atoms with van der Waals surface area (Å²) >= 11 is 0. The van der Waals surface area contributed by atoms with Gasteiger partial charge in [0.1, 0.15) is 5.60 Å². The van der Waals surface area contributed by atoms with Crippen molar-refractivity contribution in [1.29, 1.82) is 0 Å². The highest BCUT2D eigenvalue weighted by Gasteiger charge is 2.58. The molecule has 0 aromatic rings. The van der Waals surface area contributed by atoms with Crippen LogP contribution in [0.2, 0.25) is 0 Å². The number of rotatable bonds is 1. The number of aliphatic hydroxyl groups excluding tert-OH is 1. The van der Waals surface area contributed by atoms with Gasteiger partial charge in [0.05, 0.1) is 12.7 Å². The molecule has 3 aliphatic rings. The molecule has 0 bridgehead atoms. The minimum Gasteiger partial charge on any atom is -0.393 e. The van der Waals surface area contributed by atoms with Gasteiger partial charge in [-0.3, -0.25) is 0 Å². The molecule has 0 spiro atoms. The van der Waals surface area contributed by atoms with Gasteiger partial charge in [0.2, 0.25) is 0 Å². The first-order valence-electron chi connectivity index (χ1n) is 6.95. The highest BCUT2D eigenvalue weighted by Crippen LogP contribution is 2.59. The first kappa shape index (κ1) is 11.7. The maximum atomic E-state index is 9.52. The number of allylic oxidation sites excluding steroid dienone is 1. The van der Waals surface area contributed by atoms with E-state index in [1.165, 1.54) is 18.4 Å². The molecule has 3 rings (SSSR count). The molecule has 4 atom stereocenters. The molecule has 0 radical (unpaired) electrons. The number of hydrogen-bond donors (Lipinski definition) is 1. The first-order chi connectivity index (χ1) is 7.98.